The standard InChI is InChI=1S/C15H19N3O3/c1-21-10-12(7-8-19)17-15(20)13-9-16-18-14(13)11-5-3-2-4-6-11/h2-6,9,12,19H,7-8,10H2,1H3,(H,16,18)(H,17,20). The zero-order chi connectivity index (χ0) is 15.1. The molecule has 1 amide bonds. The van der Waals surface area contributed by atoms with E-state index in [1.54, 1.807) is 7.11 Å². The highest BCUT2D eigenvalue weighted by Crippen LogP contribution is 2.20. The normalized spacial score (nSPS) is 12.1. The minimum absolute atomic E-state index is 0.00869. The first-order valence-corrected chi connectivity index (χ1v) is 6.75. The molecule has 0 fully saturated rings. The average molecular weight is 289 g/mol. The van der Waals surface area contributed by atoms with Gasteiger partial charge in [0.05, 0.1) is 30.1 Å². The molecule has 6 heteroatoms. The average Bonchev–Trinajstić information content (AvgIpc) is 2.98. The van der Waals surface area contributed by atoms with Crippen LogP contribution in [-0.2, 0) is 4.74 Å². The van der Waals surface area contributed by atoms with Crippen LogP contribution in [0, 0.1) is 0 Å². The SMILES string of the molecule is COCC(CCO)NC(=O)c1cn[nH]c1-c1ccccc1. The van der Waals surface area contributed by atoms with Crippen molar-refractivity contribution in [1.82, 2.24) is 15.5 Å². The number of nitrogens with zero attached hydrogens (tertiary/aromatic N) is 1. The van der Waals surface area contributed by atoms with Gasteiger partial charge in [-0.1, -0.05) is 30.3 Å². The van der Waals surface area contributed by atoms with E-state index >= 15 is 0 Å². The Kier molecular flexibility index (Phi) is 5.48. The molecule has 0 aliphatic carbocycles. The molecule has 2 rings (SSSR count). The molecule has 1 unspecified atom stereocenters. The summed E-state index contributed by atoms with van der Waals surface area (Å²) in [5, 5.41) is 18.7. The predicted molar refractivity (Wildman–Crippen MR) is 78.9 cm³/mol. The molecule has 3 N–H and O–H groups in total. The minimum Gasteiger partial charge on any atom is -0.396 e. The van der Waals surface area contributed by atoms with Gasteiger partial charge in [0.1, 0.15) is 0 Å². The van der Waals surface area contributed by atoms with Gasteiger partial charge in [0.15, 0.2) is 0 Å². The van der Waals surface area contributed by atoms with Crippen LogP contribution in [0.4, 0.5) is 0 Å². The number of methoxy groups -OCH3 is 1. The van der Waals surface area contributed by atoms with E-state index in [0.717, 1.165) is 5.56 Å². The Bertz CT molecular complexity index is 563. The van der Waals surface area contributed by atoms with E-state index in [0.29, 0.717) is 24.3 Å². The van der Waals surface area contributed by atoms with Gasteiger partial charge in [0, 0.05) is 19.3 Å². The second kappa shape index (κ2) is 7.56. The lowest BCUT2D eigenvalue weighted by Gasteiger charge is -2.16. The number of aliphatic hydroxyl groups excluding tert-OH is 1. The molecule has 1 aromatic carbocycles. The Balaban J connectivity index is 2.15. The number of carbonyl (C=O) groups excluding carboxylic acids is 1. The second-order valence-corrected chi connectivity index (χ2v) is 4.66. The van der Waals surface area contributed by atoms with E-state index in [1.165, 1.54) is 6.20 Å². The van der Waals surface area contributed by atoms with Crippen LogP contribution in [0.5, 0.6) is 0 Å². The highest BCUT2D eigenvalue weighted by atomic mass is 16.5. The quantitative estimate of drug-likeness (QED) is 0.715. The number of nitrogens with one attached hydrogen (secondary N) is 2. The van der Waals surface area contributed by atoms with Gasteiger partial charge in [-0.3, -0.25) is 9.89 Å². The van der Waals surface area contributed by atoms with E-state index in [-0.39, 0.29) is 18.6 Å². The summed E-state index contributed by atoms with van der Waals surface area (Å²) in [4.78, 5) is 12.4. The Morgan fingerprint density at radius 2 is 2.19 bits per heavy atom. The van der Waals surface area contributed by atoms with E-state index < -0.39 is 0 Å². The maximum atomic E-state index is 12.4. The number of aromatic amines is 1. The summed E-state index contributed by atoms with van der Waals surface area (Å²) in [7, 11) is 1.56. The van der Waals surface area contributed by atoms with E-state index in [4.69, 9.17) is 9.84 Å². The first-order valence-electron chi connectivity index (χ1n) is 6.75. The zero-order valence-corrected chi connectivity index (χ0v) is 11.9. The third-order valence-corrected chi connectivity index (χ3v) is 3.13. The number of rotatable bonds is 7. The van der Waals surface area contributed by atoms with Gasteiger partial charge in [0.2, 0.25) is 0 Å². The van der Waals surface area contributed by atoms with Gasteiger partial charge in [-0.2, -0.15) is 5.10 Å². The first-order chi connectivity index (χ1) is 10.3. The maximum Gasteiger partial charge on any atom is 0.255 e. The van der Waals surface area contributed by atoms with Gasteiger partial charge >= 0.3 is 0 Å². The topological polar surface area (TPSA) is 87.2 Å². The van der Waals surface area contributed by atoms with Gasteiger partial charge in [-0.25, -0.2) is 0 Å². The number of aliphatic hydroxyl groups is 1. The van der Waals surface area contributed by atoms with Gasteiger partial charge < -0.3 is 15.2 Å². The fourth-order valence-corrected chi connectivity index (χ4v) is 2.10. The number of H-pyrrole nitrogens is 1. The Hall–Kier alpha value is -2.18. The summed E-state index contributed by atoms with van der Waals surface area (Å²) in [6.07, 6.45) is 1.94. The van der Waals surface area contributed by atoms with Crippen LogP contribution in [-0.4, -0.2) is 47.6 Å². The lowest BCUT2D eigenvalue weighted by Crippen LogP contribution is -2.38. The van der Waals surface area contributed by atoms with Crippen LogP contribution in [0.3, 0.4) is 0 Å². The molecule has 1 atom stereocenters. The molecule has 0 aliphatic rings. The lowest BCUT2D eigenvalue weighted by molar-refractivity contribution is 0.0879. The molecule has 112 valence electrons. The molecule has 0 spiro atoms. The monoisotopic (exact) mass is 289 g/mol. The summed E-state index contributed by atoms with van der Waals surface area (Å²) in [6.45, 7) is 0.343. The van der Waals surface area contributed by atoms with Gasteiger partial charge in [-0.15, -0.1) is 0 Å². The smallest absolute Gasteiger partial charge is 0.255 e. The van der Waals surface area contributed by atoms with Crippen molar-refractivity contribution in [2.24, 2.45) is 0 Å². The largest absolute Gasteiger partial charge is 0.396 e. The molecule has 1 aromatic heterocycles. The molecule has 0 aliphatic heterocycles. The number of hydrogen-bond acceptors (Lipinski definition) is 4. The molecular formula is C15H19N3O3. The predicted octanol–water partition coefficient (Wildman–Crippen LogP) is 1.20. The van der Waals surface area contributed by atoms with E-state index in [2.05, 4.69) is 15.5 Å². The maximum absolute atomic E-state index is 12.4. The van der Waals surface area contributed by atoms with Crippen molar-refractivity contribution in [3.63, 3.8) is 0 Å². The summed E-state index contributed by atoms with van der Waals surface area (Å²) in [5.41, 5.74) is 2.04. The number of carbonyl (C=O) groups is 1. The molecule has 0 bridgehead atoms. The van der Waals surface area contributed by atoms with E-state index in [9.17, 15) is 4.79 Å². The number of benzene rings is 1. The second-order valence-electron chi connectivity index (χ2n) is 4.66. The third-order valence-electron chi connectivity index (χ3n) is 3.13. The Labute approximate surface area is 123 Å². The van der Waals surface area contributed by atoms with Crippen LogP contribution in [0.25, 0.3) is 11.3 Å². The van der Waals surface area contributed by atoms with Gasteiger partial charge in [-0.05, 0) is 6.42 Å². The van der Waals surface area contributed by atoms with Crippen LogP contribution in [0.15, 0.2) is 36.5 Å². The molecular weight excluding hydrogens is 270 g/mol. The van der Waals surface area contributed by atoms with Crippen molar-refractivity contribution in [2.75, 3.05) is 20.3 Å². The number of amides is 1. The molecule has 21 heavy (non-hydrogen) atoms. The highest BCUT2D eigenvalue weighted by Gasteiger charge is 2.18. The molecule has 0 radical (unpaired) electrons. The fraction of sp³-hybridized carbons (Fsp3) is 0.333. The van der Waals surface area contributed by atoms with Crippen molar-refractivity contribution in [3.8, 4) is 11.3 Å². The van der Waals surface area contributed by atoms with Crippen LogP contribution in [0.2, 0.25) is 0 Å². The molecule has 0 saturated heterocycles. The van der Waals surface area contributed by atoms with Gasteiger partial charge in [0.25, 0.3) is 5.91 Å². The number of ether oxygens (including phenoxy) is 1. The Morgan fingerprint density at radius 1 is 1.43 bits per heavy atom. The van der Waals surface area contributed by atoms with E-state index in [1.807, 2.05) is 30.3 Å². The molecule has 1 heterocycles. The minimum atomic E-state index is -0.238. The third kappa shape index (κ3) is 3.90. The van der Waals surface area contributed by atoms with Crippen molar-refractivity contribution >= 4 is 5.91 Å². The molecule has 2 aromatic rings. The van der Waals surface area contributed by atoms with Crippen molar-refractivity contribution in [3.05, 3.63) is 42.1 Å². The van der Waals surface area contributed by atoms with Crippen molar-refractivity contribution < 1.29 is 14.6 Å². The zero-order valence-electron chi connectivity index (χ0n) is 11.9. The van der Waals surface area contributed by atoms with Crippen molar-refractivity contribution in [2.45, 2.75) is 12.5 Å². The first kappa shape index (κ1) is 15.2. The van der Waals surface area contributed by atoms with Crippen LogP contribution < -0.4 is 5.32 Å². The summed E-state index contributed by atoms with van der Waals surface area (Å²) >= 11 is 0. The van der Waals surface area contributed by atoms with Crippen LogP contribution >= 0.6 is 0 Å². The van der Waals surface area contributed by atoms with Crippen LogP contribution in [0.1, 0.15) is 16.8 Å². The number of hydrogen-bond donors (Lipinski definition) is 3. The molecule has 0 saturated carbocycles. The molecule has 6 nitrogen and oxygen atoms in total. The number of aromatic nitrogens is 2. The fourth-order valence-electron chi connectivity index (χ4n) is 2.10. The summed E-state index contributed by atoms with van der Waals surface area (Å²) < 4.78 is 5.04. The highest BCUT2D eigenvalue weighted by molar-refractivity contribution is 5.99. The van der Waals surface area contributed by atoms with Crippen molar-refractivity contribution in [1.29, 1.82) is 0 Å². The Morgan fingerprint density at radius 3 is 2.86 bits per heavy atom. The summed E-state index contributed by atoms with van der Waals surface area (Å²) in [6, 6.07) is 9.30. The lowest BCUT2D eigenvalue weighted by atomic mass is 10.1. The summed E-state index contributed by atoms with van der Waals surface area (Å²) in [5.74, 6) is -0.238.